The number of amides is 3. The van der Waals surface area contributed by atoms with Crippen molar-refractivity contribution in [3.8, 4) is 11.5 Å². The van der Waals surface area contributed by atoms with Gasteiger partial charge in [-0.1, -0.05) is 20.3 Å². The minimum atomic E-state index is -1.12. The van der Waals surface area contributed by atoms with Crippen molar-refractivity contribution in [2.24, 2.45) is 11.8 Å². The molecule has 174 valence electrons. The van der Waals surface area contributed by atoms with Crippen LogP contribution in [0.25, 0.3) is 0 Å². The van der Waals surface area contributed by atoms with E-state index < -0.39 is 35.8 Å². The molecule has 2 aliphatic heterocycles. The zero-order valence-electron chi connectivity index (χ0n) is 18.4. The third-order valence-electron chi connectivity index (χ3n) is 5.86. The number of hydrogen-bond donors (Lipinski definition) is 3. The van der Waals surface area contributed by atoms with Gasteiger partial charge in [0.1, 0.15) is 25.3 Å². The average Bonchev–Trinajstić information content (AvgIpc) is 3.17. The first-order valence-electron chi connectivity index (χ1n) is 10.7. The molecule has 4 atom stereocenters. The molecule has 0 spiro atoms. The van der Waals surface area contributed by atoms with Crippen LogP contribution in [0, 0.1) is 11.8 Å². The molecule has 0 aliphatic carbocycles. The Morgan fingerprint density at radius 2 is 1.84 bits per heavy atom. The van der Waals surface area contributed by atoms with Crippen molar-refractivity contribution in [3.63, 3.8) is 0 Å². The van der Waals surface area contributed by atoms with Crippen LogP contribution in [0.5, 0.6) is 11.5 Å². The second-order valence-electron chi connectivity index (χ2n) is 8.17. The average molecular weight is 447 g/mol. The predicted molar refractivity (Wildman–Crippen MR) is 115 cm³/mol. The summed E-state index contributed by atoms with van der Waals surface area (Å²) in [6.45, 7) is 6.12. The van der Waals surface area contributed by atoms with Crippen molar-refractivity contribution < 1.29 is 33.8 Å². The molecule has 0 aromatic heterocycles. The number of carbonyl (C=O) groups is 4. The third-order valence-corrected chi connectivity index (χ3v) is 5.86. The molecule has 10 heteroatoms. The number of benzene rings is 1. The lowest BCUT2D eigenvalue weighted by atomic mass is 9.99. The van der Waals surface area contributed by atoms with E-state index in [9.17, 15) is 24.3 Å². The van der Waals surface area contributed by atoms with Gasteiger partial charge in [0.25, 0.3) is 0 Å². The lowest BCUT2D eigenvalue weighted by molar-refractivity contribution is -0.143. The van der Waals surface area contributed by atoms with E-state index in [4.69, 9.17) is 9.47 Å². The second kappa shape index (κ2) is 9.88. The number of carbonyl (C=O) groups excluding carboxylic acids is 3. The normalized spacial score (nSPS) is 20.3. The number of aliphatic carboxylic acids is 1. The van der Waals surface area contributed by atoms with Crippen molar-refractivity contribution in [2.45, 2.75) is 45.7 Å². The number of rotatable bonds is 8. The van der Waals surface area contributed by atoms with E-state index >= 15 is 0 Å². The van der Waals surface area contributed by atoms with E-state index in [0.717, 1.165) is 0 Å². The molecular weight excluding hydrogens is 418 g/mol. The summed E-state index contributed by atoms with van der Waals surface area (Å²) in [5.41, 5.74) is 0.609. The summed E-state index contributed by atoms with van der Waals surface area (Å²) in [4.78, 5) is 50.6. The van der Waals surface area contributed by atoms with Crippen LogP contribution in [-0.2, 0) is 19.2 Å². The lowest BCUT2D eigenvalue weighted by Gasteiger charge is -2.23. The molecule has 3 N–H and O–H groups in total. The van der Waals surface area contributed by atoms with E-state index in [-0.39, 0.29) is 24.8 Å². The highest BCUT2D eigenvalue weighted by Gasteiger charge is 2.37. The number of carboxylic acids is 1. The number of carboxylic acid groups (broad SMARTS) is 1. The second-order valence-corrected chi connectivity index (χ2v) is 8.17. The maximum absolute atomic E-state index is 12.7. The zero-order chi connectivity index (χ0) is 23.4. The van der Waals surface area contributed by atoms with Crippen molar-refractivity contribution in [3.05, 3.63) is 18.2 Å². The van der Waals surface area contributed by atoms with Gasteiger partial charge in [0.05, 0.1) is 5.92 Å². The molecule has 0 unspecified atom stereocenters. The Kier molecular flexibility index (Phi) is 7.22. The van der Waals surface area contributed by atoms with E-state index in [2.05, 4.69) is 10.6 Å². The van der Waals surface area contributed by atoms with Gasteiger partial charge in [-0.2, -0.15) is 0 Å². The lowest BCUT2D eigenvalue weighted by Crippen LogP contribution is -2.53. The third kappa shape index (κ3) is 5.12. The van der Waals surface area contributed by atoms with Crippen molar-refractivity contribution in [1.29, 1.82) is 0 Å². The van der Waals surface area contributed by atoms with Crippen LogP contribution in [0.3, 0.4) is 0 Å². The number of ether oxygens (including phenoxy) is 2. The van der Waals surface area contributed by atoms with Crippen LogP contribution >= 0.6 is 0 Å². The van der Waals surface area contributed by atoms with Gasteiger partial charge < -0.3 is 30.1 Å². The number of fused-ring (bicyclic) bond motifs is 1. The van der Waals surface area contributed by atoms with E-state index in [1.54, 1.807) is 25.1 Å². The summed E-state index contributed by atoms with van der Waals surface area (Å²) in [6.07, 6.45) is 0.594. The van der Waals surface area contributed by atoms with Crippen LogP contribution in [0.2, 0.25) is 0 Å². The van der Waals surface area contributed by atoms with Gasteiger partial charge in [-0.3, -0.25) is 14.4 Å². The first kappa shape index (κ1) is 23.4. The Morgan fingerprint density at radius 1 is 1.16 bits per heavy atom. The molecule has 0 bridgehead atoms. The van der Waals surface area contributed by atoms with E-state index in [1.807, 2.05) is 6.92 Å². The summed E-state index contributed by atoms with van der Waals surface area (Å²) in [5.74, 6) is -2.08. The SMILES string of the molecule is CC[C@@H](C)[C@H](NC(=O)[C@H](C)NC(=O)[C@@H]1CC(=O)N(c2ccc3c(c2)OCCO3)C1)C(=O)O. The monoisotopic (exact) mass is 447 g/mol. The zero-order valence-corrected chi connectivity index (χ0v) is 18.4. The standard InChI is InChI=1S/C22H29N3O7/c1-4-12(2)19(22(29)30)24-20(27)13(3)23-21(28)14-9-18(26)25(11-14)15-5-6-16-17(10-15)32-8-7-31-16/h5-6,10,12-14,19H,4,7-9,11H2,1-3H3,(H,23,28)(H,24,27)(H,29,30)/t12-,13+,14-,19+/m1/s1. The van der Waals surface area contributed by atoms with Crippen LogP contribution in [0.4, 0.5) is 5.69 Å². The van der Waals surface area contributed by atoms with E-state index in [0.29, 0.717) is 36.8 Å². The summed E-state index contributed by atoms with van der Waals surface area (Å²) >= 11 is 0. The van der Waals surface area contributed by atoms with Gasteiger partial charge in [-0.25, -0.2) is 4.79 Å². The summed E-state index contributed by atoms with van der Waals surface area (Å²) in [7, 11) is 0. The Morgan fingerprint density at radius 3 is 2.50 bits per heavy atom. The highest BCUT2D eigenvalue weighted by molar-refractivity contribution is 6.01. The quantitative estimate of drug-likeness (QED) is 0.540. The molecule has 10 nitrogen and oxygen atoms in total. The molecule has 3 rings (SSSR count). The molecule has 2 heterocycles. The van der Waals surface area contributed by atoms with Gasteiger partial charge in [-0.05, 0) is 25.0 Å². The first-order chi connectivity index (χ1) is 15.2. The Labute approximate surface area is 186 Å². The summed E-state index contributed by atoms with van der Waals surface area (Å²) in [6, 6.07) is 3.21. The van der Waals surface area contributed by atoms with Gasteiger partial charge >= 0.3 is 5.97 Å². The fourth-order valence-corrected chi connectivity index (χ4v) is 3.69. The fourth-order valence-electron chi connectivity index (χ4n) is 3.69. The summed E-state index contributed by atoms with van der Waals surface area (Å²) in [5, 5.41) is 14.4. The topological polar surface area (TPSA) is 134 Å². The minimum Gasteiger partial charge on any atom is -0.486 e. The fraction of sp³-hybridized carbons (Fsp3) is 0.545. The molecule has 32 heavy (non-hydrogen) atoms. The minimum absolute atomic E-state index is 0.0131. The van der Waals surface area contributed by atoms with Gasteiger partial charge in [0, 0.05) is 24.7 Å². The van der Waals surface area contributed by atoms with Crippen LogP contribution < -0.4 is 25.0 Å². The Balaban J connectivity index is 1.59. The molecular formula is C22H29N3O7. The van der Waals surface area contributed by atoms with Gasteiger partial charge in [0.2, 0.25) is 17.7 Å². The summed E-state index contributed by atoms with van der Waals surface area (Å²) < 4.78 is 11.0. The molecule has 1 fully saturated rings. The number of hydrogen-bond acceptors (Lipinski definition) is 6. The number of nitrogens with zero attached hydrogens (tertiary/aromatic N) is 1. The Bertz CT molecular complexity index is 904. The number of nitrogens with one attached hydrogen (secondary N) is 2. The molecule has 2 aliphatic rings. The predicted octanol–water partition coefficient (Wildman–Crippen LogP) is 0.931. The first-order valence-corrected chi connectivity index (χ1v) is 10.7. The van der Waals surface area contributed by atoms with Crippen LogP contribution in [0.15, 0.2) is 18.2 Å². The molecule has 1 aromatic carbocycles. The maximum Gasteiger partial charge on any atom is 0.326 e. The van der Waals surface area contributed by atoms with Crippen molar-refractivity contribution >= 4 is 29.4 Å². The maximum atomic E-state index is 12.7. The molecule has 1 saturated heterocycles. The van der Waals surface area contributed by atoms with Crippen molar-refractivity contribution in [1.82, 2.24) is 10.6 Å². The van der Waals surface area contributed by atoms with Crippen molar-refractivity contribution in [2.75, 3.05) is 24.7 Å². The van der Waals surface area contributed by atoms with Gasteiger partial charge in [0.15, 0.2) is 11.5 Å². The van der Waals surface area contributed by atoms with Gasteiger partial charge in [-0.15, -0.1) is 0 Å². The highest BCUT2D eigenvalue weighted by atomic mass is 16.6. The molecule has 0 saturated carbocycles. The largest absolute Gasteiger partial charge is 0.486 e. The molecule has 3 amide bonds. The highest BCUT2D eigenvalue weighted by Crippen LogP contribution is 2.36. The molecule has 0 radical (unpaired) electrons. The molecule has 1 aromatic rings. The van der Waals surface area contributed by atoms with Crippen LogP contribution in [-0.4, -0.2) is 60.6 Å². The van der Waals surface area contributed by atoms with E-state index in [1.165, 1.54) is 11.8 Å². The number of anilines is 1. The van der Waals surface area contributed by atoms with Crippen LogP contribution in [0.1, 0.15) is 33.6 Å². The smallest absolute Gasteiger partial charge is 0.326 e. The Hall–Kier alpha value is -3.30.